The molecular weight excluding hydrogens is 242 g/mol. The van der Waals surface area contributed by atoms with Crippen LogP contribution in [0.2, 0.25) is 0 Å². The van der Waals surface area contributed by atoms with Gasteiger partial charge < -0.3 is 4.74 Å². The summed E-state index contributed by atoms with van der Waals surface area (Å²) in [7, 11) is -1.81. The number of H-pyrrole nitrogens is 1. The van der Waals surface area contributed by atoms with E-state index in [0.29, 0.717) is 5.69 Å². The fourth-order valence-corrected chi connectivity index (χ4v) is 3.57. The molecule has 96 valence electrons. The first-order valence-electron chi connectivity index (χ1n) is 5.58. The number of hydrogen-bond acceptors (Lipinski definition) is 4. The standard InChI is InChI=1S/C10H17N3O3S/c1-7-10(6-11-12-7)17(14,15)13-8-3-4-9(5-8)16-2/h6,8-9,13H,3-5H2,1-2H3,(H,11,12). The molecule has 1 heterocycles. The minimum absolute atomic E-state index is 0.0424. The van der Waals surface area contributed by atoms with Gasteiger partial charge in [-0.2, -0.15) is 5.10 Å². The van der Waals surface area contributed by atoms with Gasteiger partial charge in [-0.3, -0.25) is 5.10 Å². The Hall–Kier alpha value is -0.920. The van der Waals surface area contributed by atoms with Crippen LogP contribution in [0.25, 0.3) is 0 Å². The minimum atomic E-state index is -3.46. The third kappa shape index (κ3) is 2.67. The van der Waals surface area contributed by atoms with E-state index in [2.05, 4.69) is 14.9 Å². The van der Waals surface area contributed by atoms with Crippen molar-refractivity contribution >= 4 is 10.0 Å². The molecule has 17 heavy (non-hydrogen) atoms. The number of nitrogens with one attached hydrogen (secondary N) is 2. The van der Waals surface area contributed by atoms with Crippen LogP contribution < -0.4 is 4.72 Å². The molecule has 1 saturated carbocycles. The molecule has 1 aromatic rings. The van der Waals surface area contributed by atoms with Crippen LogP contribution in [-0.2, 0) is 14.8 Å². The Balaban J connectivity index is 2.07. The minimum Gasteiger partial charge on any atom is -0.381 e. The summed E-state index contributed by atoms with van der Waals surface area (Å²) in [5.74, 6) is 0. The summed E-state index contributed by atoms with van der Waals surface area (Å²) < 4.78 is 32.0. The van der Waals surface area contributed by atoms with E-state index in [-0.39, 0.29) is 17.0 Å². The van der Waals surface area contributed by atoms with Gasteiger partial charge in [0.25, 0.3) is 0 Å². The highest BCUT2D eigenvalue weighted by Gasteiger charge is 2.29. The van der Waals surface area contributed by atoms with E-state index in [0.717, 1.165) is 19.3 Å². The number of aromatic nitrogens is 2. The largest absolute Gasteiger partial charge is 0.381 e. The molecule has 1 aliphatic rings. The Labute approximate surface area is 101 Å². The third-order valence-electron chi connectivity index (χ3n) is 3.11. The van der Waals surface area contributed by atoms with Crippen LogP contribution in [0.1, 0.15) is 25.0 Å². The molecule has 7 heteroatoms. The number of aryl methyl sites for hydroxylation is 1. The lowest BCUT2D eigenvalue weighted by Gasteiger charge is -2.12. The highest BCUT2D eigenvalue weighted by atomic mass is 32.2. The van der Waals surface area contributed by atoms with Crippen molar-refractivity contribution in [2.24, 2.45) is 0 Å². The van der Waals surface area contributed by atoms with Gasteiger partial charge >= 0.3 is 0 Å². The molecule has 1 aromatic heterocycles. The van der Waals surface area contributed by atoms with Gasteiger partial charge in [-0.1, -0.05) is 0 Å². The third-order valence-corrected chi connectivity index (χ3v) is 4.75. The SMILES string of the molecule is COC1CCC(NS(=O)(=O)c2cn[nH]c2C)C1. The van der Waals surface area contributed by atoms with Crippen LogP contribution in [0.4, 0.5) is 0 Å². The fourth-order valence-electron chi connectivity index (χ4n) is 2.15. The maximum absolute atomic E-state index is 12.1. The number of hydrogen-bond donors (Lipinski definition) is 2. The van der Waals surface area contributed by atoms with Crippen LogP contribution >= 0.6 is 0 Å². The maximum atomic E-state index is 12.1. The lowest BCUT2D eigenvalue weighted by molar-refractivity contribution is 0.107. The molecule has 0 aliphatic heterocycles. The van der Waals surface area contributed by atoms with Crippen molar-refractivity contribution in [3.05, 3.63) is 11.9 Å². The predicted molar refractivity (Wildman–Crippen MR) is 62.1 cm³/mol. The van der Waals surface area contributed by atoms with Gasteiger partial charge in [-0.05, 0) is 26.2 Å². The zero-order valence-electron chi connectivity index (χ0n) is 9.93. The fraction of sp³-hybridized carbons (Fsp3) is 0.700. The molecular formula is C10H17N3O3S. The summed E-state index contributed by atoms with van der Waals surface area (Å²) in [5.41, 5.74) is 0.554. The Bertz CT molecular complexity index is 483. The van der Waals surface area contributed by atoms with E-state index in [1.807, 2.05) is 0 Å². The molecule has 0 saturated heterocycles. The zero-order valence-corrected chi connectivity index (χ0v) is 10.8. The average molecular weight is 259 g/mol. The zero-order chi connectivity index (χ0) is 12.5. The number of ether oxygens (including phenoxy) is 1. The smallest absolute Gasteiger partial charge is 0.244 e. The summed E-state index contributed by atoms with van der Waals surface area (Å²) in [6, 6.07) is -0.0424. The van der Waals surface area contributed by atoms with Crippen LogP contribution in [0.15, 0.2) is 11.1 Å². The van der Waals surface area contributed by atoms with Crippen LogP contribution in [0, 0.1) is 6.92 Å². The van der Waals surface area contributed by atoms with Crippen molar-refractivity contribution in [2.75, 3.05) is 7.11 Å². The van der Waals surface area contributed by atoms with E-state index >= 15 is 0 Å². The summed E-state index contributed by atoms with van der Waals surface area (Å²) in [5, 5.41) is 6.35. The Morgan fingerprint density at radius 1 is 1.53 bits per heavy atom. The van der Waals surface area contributed by atoms with E-state index in [1.165, 1.54) is 6.20 Å². The van der Waals surface area contributed by atoms with Crippen molar-refractivity contribution in [1.82, 2.24) is 14.9 Å². The van der Waals surface area contributed by atoms with Gasteiger partial charge in [0.15, 0.2) is 0 Å². The van der Waals surface area contributed by atoms with Gasteiger partial charge in [0.2, 0.25) is 10.0 Å². The quantitative estimate of drug-likeness (QED) is 0.827. The summed E-state index contributed by atoms with van der Waals surface area (Å²) >= 11 is 0. The first-order valence-corrected chi connectivity index (χ1v) is 7.06. The molecule has 0 bridgehead atoms. The van der Waals surface area contributed by atoms with Crippen molar-refractivity contribution in [3.8, 4) is 0 Å². The molecule has 0 amide bonds. The normalized spacial score (nSPS) is 25.3. The summed E-state index contributed by atoms with van der Waals surface area (Å²) in [6.07, 6.45) is 3.93. The van der Waals surface area contributed by atoms with Gasteiger partial charge in [0, 0.05) is 13.2 Å². The van der Waals surface area contributed by atoms with Gasteiger partial charge in [-0.15, -0.1) is 0 Å². The lowest BCUT2D eigenvalue weighted by Crippen LogP contribution is -2.33. The Morgan fingerprint density at radius 2 is 2.29 bits per heavy atom. The highest BCUT2D eigenvalue weighted by Crippen LogP contribution is 2.23. The number of sulfonamides is 1. The second-order valence-electron chi connectivity index (χ2n) is 4.35. The lowest BCUT2D eigenvalue weighted by atomic mass is 10.3. The van der Waals surface area contributed by atoms with Crippen LogP contribution in [-0.4, -0.2) is 37.9 Å². The van der Waals surface area contributed by atoms with Gasteiger partial charge in [0.1, 0.15) is 4.90 Å². The Morgan fingerprint density at radius 3 is 2.82 bits per heavy atom. The maximum Gasteiger partial charge on any atom is 0.244 e. The van der Waals surface area contributed by atoms with Crippen LogP contribution in [0.3, 0.4) is 0 Å². The van der Waals surface area contributed by atoms with Crippen molar-refractivity contribution < 1.29 is 13.2 Å². The van der Waals surface area contributed by atoms with Crippen molar-refractivity contribution in [1.29, 1.82) is 0 Å². The second kappa shape index (κ2) is 4.75. The first-order chi connectivity index (χ1) is 8.03. The topological polar surface area (TPSA) is 84.1 Å². The van der Waals surface area contributed by atoms with E-state index in [4.69, 9.17) is 4.74 Å². The molecule has 6 nitrogen and oxygen atoms in total. The van der Waals surface area contributed by atoms with E-state index in [9.17, 15) is 8.42 Å². The van der Waals surface area contributed by atoms with Gasteiger partial charge in [-0.25, -0.2) is 13.1 Å². The number of rotatable bonds is 4. The van der Waals surface area contributed by atoms with E-state index < -0.39 is 10.0 Å². The average Bonchev–Trinajstić information content (AvgIpc) is 2.86. The molecule has 1 aliphatic carbocycles. The molecule has 2 N–H and O–H groups in total. The molecule has 2 unspecified atom stereocenters. The second-order valence-corrected chi connectivity index (χ2v) is 6.03. The molecule has 0 aromatic carbocycles. The predicted octanol–water partition coefficient (Wildman–Crippen LogP) is 0.564. The monoisotopic (exact) mass is 259 g/mol. The van der Waals surface area contributed by atoms with Crippen molar-refractivity contribution in [2.45, 2.75) is 43.2 Å². The highest BCUT2D eigenvalue weighted by molar-refractivity contribution is 7.89. The number of methoxy groups -OCH3 is 1. The van der Waals surface area contributed by atoms with Crippen LogP contribution in [0.5, 0.6) is 0 Å². The summed E-state index contributed by atoms with van der Waals surface area (Å²) in [4.78, 5) is 0.221. The molecule has 1 fully saturated rings. The summed E-state index contributed by atoms with van der Waals surface area (Å²) in [6.45, 7) is 1.69. The first kappa shape index (κ1) is 12.5. The van der Waals surface area contributed by atoms with E-state index in [1.54, 1.807) is 14.0 Å². The molecule has 2 atom stereocenters. The van der Waals surface area contributed by atoms with Crippen molar-refractivity contribution in [3.63, 3.8) is 0 Å². The molecule has 0 radical (unpaired) electrons. The molecule has 0 spiro atoms. The number of aromatic amines is 1. The molecule has 2 rings (SSSR count). The van der Waals surface area contributed by atoms with Gasteiger partial charge in [0.05, 0.1) is 18.0 Å². The Kier molecular flexibility index (Phi) is 3.50. The number of nitrogens with zero attached hydrogens (tertiary/aromatic N) is 1.